The van der Waals surface area contributed by atoms with Crippen LogP contribution in [0.2, 0.25) is 0 Å². The van der Waals surface area contributed by atoms with Crippen molar-refractivity contribution in [1.29, 1.82) is 0 Å². The third-order valence-electron chi connectivity index (χ3n) is 1.62. The molecule has 66 valence electrons. The number of halogens is 1. The van der Waals surface area contributed by atoms with Crippen molar-refractivity contribution in [3.05, 3.63) is 28.4 Å². The molecule has 0 aliphatic rings. The van der Waals surface area contributed by atoms with Crippen LogP contribution in [0.15, 0.2) is 17.2 Å². The van der Waals surface area contributed by atoms with Crippen molar-refractivity contribution in [1.82, 2.24) is 9.55 Å². The summed E-state index contributed by atoms with van der Waals surface area (Å²) in [5.41, 5.74) is 0.893. The lowest BCUT2D eigenvalue weighted by atomic mass is 10.1. The maximum absolute atomic E-state index is 11.3. The van der Waals surface area contributed by atoms with E-state index in [-0.39, 0.29) is 5.56 Å². The molecule has 0 aliphatic heterocycles. The third kappa shape index (κ3) is 2.06. The van der Waals surface area contributed by atoms with Gasteiger partial charge in [0.05, 0.1) is 16.6 Å². The minimum atomic E-state index is 0.0306. The van der Waals surface area contributed by atoms with Crippen LogP contribution in [0.5, 0.6) is 0 Å². The van der Waals surface area contributed by atoms with E-state index in [1.54, 1.807) is 17.0 Å². The molecule has 0 unspecified atom stereocenters. The van der Waals surface area contributed by atoms with Gasteiger partial charge in [0.25, 0.3) is 5.56 Å². The molecule has 12 heavy (non-hydrogen) atoms. The third-order valence-corrected chi connectivity index (χ3v) is 2.36. The van der Waals surface area contributed by atoms with Crippen LogP contribution >= 0.6 is 22.6 Å². The van der Waals surface area contributed by atoms with E-state index in [1.165, 1.54) is 0 Å². The molecule has 0 atom stereocenters. The highest BCUT2D eigenvalue weighted by Gasteiger charge is 2.02. The Hall–Kier alpha value is -0.390. The molecular weight excluding hydrogens is 267 g/mol. The van der Waals surface area contributed by atoms with Gasteiger partial charge in [-0.15, -0.1) is 0 Å². The first-order valence-corrected chi connectivity index (χ1v) is 5.30. The minimum absolute atomic E-state index is 0.0306. The topological polar surface area (TPSA) is 34.9 Å². The second-order valence-corrected chi connectivity index (χ2v) is 3.58. The molecule has 4 heteroatoms. The summed E-state index contributed by atoms with van der Waals surface area (Å²) in [5.74, 6) is 0.321. The van der Waals surface area contributed by atoms with Gasteiger partial charge < -0.3 is 0 Å². The van der Waals surface area contributed by atoms with Crippen molar-refractivity contribution < 1.29 is 0 Å². The molecule has 1 heterocycles. The number of nitrogens with zero attached hydrogens (tertiary/aromatic N) is 2. The Morgan fingerprint density at radius 2 is 2.33 bits per heavy atom. The van der Waals surface area contributed by atoms with Gasteiger partial charge in [0.15, 0.2) is 0 Å². The van der Waals surface area contributed by atoms with Crippen molar-refractivity contribution in [3.8, 4) is 0 Å². The summed E-state index contributed by atoms with van der Waals surface area (Å²) < 4.78 is 2.23. The van der Waals surface area contributed by atoms with Crippen molar-refractivity contribution in [2.24, 2.45) is 0 Å². The first kappa shape index (κ1) is 9.70. The lowest BCUT2D eigenvalue weighted by Crippen LogP contribution is -2.18. The highest BCUT2D eigenvalue weighted by atomic mass is 127. The van der Waals surface area contributed by atoms with Crippen LogP contribution in [0.1, 0.15) is 25.5 Å². The van der Waals surface area contributed by atoms with E-state index in [0.29, 0.717) is 10.5 Å². The first-order chi connectivity index (χ1) is 5.65. The van der Waals surface area contributed by atoms with Crippen LogP contribution in [0.4, 0.5) is 0 Å². The molecule has 1 aromatic heterocycles. The van der Waals surface area contributed by atoms with Crippen LogP contribution < -0.4 is 5.56 Å². The molecule has 0 amide bonds. The number of rotatable bonds is 2. The molecule has 0 saturated heterocycles. The lowest BCUT2D eigenvalue weighted by Gasteiger charge is -2.04. The second-order valence-electron chi connectivity index (χ2n) is 2.90. The number of hydrogen-bond donors (Lipinski definition) is 0. The molecule has 3 nitrogen and oxygen atoms in total. The maximum atomic E-state index is 11.3. The van der Waals surface area contributed by atoms with Gasteiger partial charge in [0.1, 0.15) is 0 Å². The number of aromatic nitrogens is 2. The van der Waals surface area contributed by atoms with E-state index < -0.39 is 0 Å². The molecule has 1 aromatic rings. The normalized spacial score (nSPS) is 10.7. The molecular formula is C8H11IN2O. The zero-order valence-electron chi connectivity index (χ0n) is 7.12. The van der Waals surface area contributed by atoms with Gasteiger partial charge in [0.2, 0.25) is 0 Å². The van der Waals surface area contributed by atoms with Crippen LogP contribution in [-0.2, 0) is 4.55 Å². The van der Waals surface area contributed by atoms with Crippen molar-refractivity contribution in [2.75, 3.05) is 0 Å². The summed E-state index contributed by atoms with van der Waals surface area (Å²) in [5, 5.41) is 0. The molecule has 0 spiro atoms. The van der Waals surface area contributed by atoms with E-state index in [9.17, 15) is 4.79 Å². The Labute approximate surface area is 85.0 Å². The summed E-state index contributed by atoms with van der Waals surface area (Å²) in [6, 6.07) is 1.60. The average molecular weight is 278 g/mol. The summed E-state index contributed by atoms with van der Waals surface area (Å²) in [4.78, 5) is 15.5. The molecule has 0 radical (unpaired) electrons. The van der Waals surface area contributed by atoms with Crippen molar-refractivity contribution >= 4 is 22.6 Å². The van der Waals surface area contributed by atoms with Gasteiger partial charge in [-0.05, 0) is 5.92 Å². The molecule has 0 aromatic carbocycles. The van der Waals surface area contributed by atoms with Crippen molar-refractivity contribution in [3.63, 3.8) is 0 Å². The van der Waals surface area contributed by atoms with E-state index >= 15 is 0 Å². The molecule has 1 rings (SSSR count). The van der Waals surface area contributed by atoms with Crippen LogP contribution in [-0.4, -0.2) is 9.55 Å². The standard InChI is InChI=1S/C8H11IN2O/c1-6(2)7-3-8(12)11(4-9)5-10-7/h3,5-6H,4H2,1-2H3. The largest absolute Gasteiger partial charge is 0.289 e. The highest BCUT2D eigenvalue weighted by Crippen LogP contribution is 2.07. The molecule has 0 saturated carbocycles. The molecule has 0 bridgehead atoms. The van der Waals surface area contributed by atoms with E-state index in [2.05, 4.69) is 27.6 Å². The molecule has 0 aliphatic carbocycles. The summed E-state index contributed by atoms with van der Waals surface area (Å²) >= 11 is 2.13. The quantitative estimate of drug-likeness (QED) is 0.610. The van der Waals surface area contributed by atoms with Crippen LogP contribution in [0, 0.1) is 0 Å². The monoisotopic (exact) mass is 278 g/mol. The van der Waals surface area contributed by atoms with Gasteiger partial charge in [-0.3, -0.25) is 9.36 Å². The summed E-state index contributed by atoms with van der Waals surface area (Å²) in [7, 11) is 0. The highest BCUT2D eigenvalue weighted by molar-refractivity contribution is 14.1. The smallest absolute Gasteiger partial charge is 0.254 e. The van der Waals surface area contributed by atoms with E-state index in [1.807, 2.05) is 13.8 Å². The first-order valence-electron chi connectivity index (χ1n) is 3.77. The zero-order chi connectivity index (χ0) is 9.14. The Balaban J connectivity index is 3.11. The Bertz CT molecular complexity index is 319. The van der Waals surface area contributed by atoms with Crippen molar-refractivity contribution in [2.45, 2.75) is 24.3 Å². The fraction of sp³-hybridized carbons (Fsp3) is 0.500. The Morgan fingerprint density at radius 1 is 1.67 bits per heavy atom. The average Bonchev–Trinajstić information content (AvgIpc) is 2.04. The van der Waals surface area contributed by atoms with E-state index in [0.717, 1.165) is 5.69 Å². The zero-order valence-corrected chi connectivity index (χ0v) is 9.28. The molecule has 0 fully saturated rings. The lowest BCUT2D eigenvalue weighted by molar-refractivity contribution is 0.755. The SMILES string of the molecule is CC(C)c1cc(=O)n(CI)cn1. The van der Waals surface area contributed by atoms with Gasteiger partial charge in [-0.1, -0.05) is 36.4 Å². The van der Waals surface area contributed by atoms with Crippen LogP contribution in [0.3, 0.4) is 0 Å². The Morgan fingerprint density at radius 3 is 2.75 bits per heavy atom. The van der Waals surface area contributed by atoms with E-state index in [4.69, 9.17) is 0 Å². The van der Waals surface area contributed by atoms with Gasteiger partial charge in [0, 0.05) is 6.07 Å². The predicted molar refractivity (Wildman–Crippen MR) is 56.6 cm³/mol. The minimum Gasteiger partial charge on any atom is -0.289 e. The van der Waals surface area contributed by atoms with Gasteiger partial charge in [-0.25, -0.2) is 4.98 Å². The molecule has 0 N–H and O–H groups in total. The predicted octanol–water partition coefficient (Wildman–Crippen LogP) is 1.76. The Kier molecular flexibility index (Phi) is 3.25. The number of hydrogen-bond acceptors (Lipinski definition) is 2. The number of alkyl halides is 1. The van der Waals surface area contributed by atoms with Crippen LogP contribution in [0.25, 0.3) is 0 Å². The van der Waals surface area contributed by atoms with Gasteiger partial charge >= 0.3 is 0 Å². The second kappa shape index (κ2) is 4.02. The fourth-order valence-electron chi connectivity index (χ4n) is 0.845. The summed E-state index contributed by atoms with van der Waals surface area (Å²) in [6.07, 6.45) is 1.60. The fourth-order valence-corrected chi connectivity index (χ4v) is 1.36. The van der Waals surface area contributed by atoms with Gasteiger partial charge in [-0.2, -0.15) is 0 Å². The summed E-state index contributed by atoms with van der Waals surface area (Å²) in [6.45, 7) is 4.05. The maximum Gasteiger partial charge on any atom is 0.254 e.